The van der Waals surface area contributed by atoms with Gasteiger partial charge in [0.05, 0.1) is 24.8 Å². The van der Waals surface area contributed by atoms with E-state index in [1.165, 1.54) is 19.2 Å². The average Bonchev–Trinajstić information content (AvgIpc) is 2.43. The van der Waals surface area contributed by atoms with E-state index in [1.54, 1.807) is 11.0 Å². The quantitative estimate of drug-likeness (QED) is 0.904. The van der Waals surface area contributed by atoms with Crippen molar-refractivity contribution in [2.45, 2.75) is 25.6 Å². The molecule has 5 nitrogen and oxygen atoms in total. The highest BCUT2D eigenvalue weighted by atomic mass is 19.1. The summed E-state index contributed by atoms with van der Waals surface area (Å²) in [4.78, 5) is 14.0. The molecule has 0 spiro atoms. The smallest absolute Gasteiger partial charge is 0.229 e. The third kappa shape index (κ3) is 3.08. The number of carbonyl (C=O) groups is 1. The van der Waals surface area contributed by atoms with Gasteiger partial charge in [-0.2, -0.15) is 0 Å². The number of carbonyl (C=O) groups excluding carboxylic acids is 1. The molecule has 2 unspecified atom stereocenters. The van der Waals surface area contributed by atoms with Crippen LogP contribution in [0.15, 0.2) is 18.2 Å². The first kappa shape index (κ1) is 14.7. The summed E-state index contributed by atoms with van der Waals surface area (Å²) in [6.07, 6.45) is -0.312. The van der Waals surface area contributed by atoms with Gasteiger partial charge < -0.3 is 20.1 Å². The number of halogens is 1. The first-order valence-electron chi connectivity index (χ1n) is 6.54. The van der Waals surface area contributed by atoms with Crippen LogP contribution in [-0.2, 0) is 9.53 Å². The Kier molecular flexibility index (Phi) is 4.57. The van der Waals surface area contributed by atoms with E-state index in [2.05, 4.69) is 0 Å². The van der Waals surface area contributed by atoms with Crippen LogP contribution in [0.2, 0.25) is 0 Å². The van der Waals surface area contributed by atoms with Crippen molar-refractivity contribution < 1.29 is 18.7 Å². The van der Waals surface area contributed by atoms with Crippen LogP contribution in [0, 0.1) is 5.82 Å². The van der Waals surface area contributed by atoms with Crippen LogP contribution >= 0.6 is 0 Å². The summed E-state index contributed by atoms with van der Waals surface area (Å²) in [5.41, 5.74) is 6.12. The second kappa shape index (κ2) is 6.19. The van der Waals surface area contributed by atoms with Gasteiger partial charge in [0.1, 0.15) is 17.7 Å². The molecule has 2 atom stereocenters. The molecule has 0 radical (unpaired) electrons. The molecule has 0 saturated carbocycles. The zero-order valence-electron chi connectivity index (χ0n) is 11.6. The molecular formula is C14H19FN2O3. The van der Waals surface area contributed by atoms with E-state index in [4.69, 9.17) is 15.2 Å². The molecule has 1 aliphatic heterocycles. The highest BCUT2D eigenvalue weighted by Gasteiger charge is 2.29. The maximum atomic E-state index is 13.2. The highest BCUT2D eigenvalue weighted by molar-refractivity contribution is 5.95. The Bertz CT molecular complexity index is 491. The molecule has 1 aliphatic rings. The molecule has 1 aromatic rings. The molecule has 2 rings (SSSR count). The van der Waals surface area contributed by atoms with E-state index in [0.717, 1.165) is 0 Å². The molecule has 1 heterocycles. The number of fused-ring (bicyclic) bond motifs is 1. The summed E-state index contributed by atoms with van der Waals surface area (Å²) in [7, 11) is 1.52. The molecule has 1 amide bonds. The molecule has 110 valence electrons. The maximum absolute atomic E-state index is 13.2. The van der Waals surface area contributed by atoms with E-state index in [1.807, 2.05) is 6.92 Å². The van der Waals surface area contributed by atoms with Gasteiger partial charge in [0, 0.05) is 19.7 Å². The minimum Gasteiger partial charge on any atom is -0.487 e. The summed E-state index contributed by atoms with van der Waals surface area (Å²) in [5.74, 6) is -0.105. The van der Waals surface area contributed by atoms with Gasteiger partial charge in [0.25, 0.3) is 0 Å². The normalized spacial score (nSPS) is 19.2. The van der Waals surface area contributed by atoms with Crippen molar-refractivity contribution in [1.82, 2.24) is 0 Å². The second-order valence-corrected chi connectivity index (χ2v) is 4.84. The van der Waals surface area contributed by atoms with Crippen LogP contribution < -0.4 is 15.4 Å². The fraction of sp³-hybridized carbons (Fsp3) is 0.500. The second-order valence-electron chi connectivity index (χ2n) is 4.84. The van der Waals surface area contributed by atoms with Gasteiger partial charge >= 0.3 is 0 Å². The lowest BCUT2D eigenvalue weighted by atomic mass is 10.1. The van der Waals surface area contributed by atoms with Gasteiger partial charge in [-0.05, 0) is 19.1 Å². The minimum absolute atomic E-state index is 0.106. The summed E-state index contributed by atoms with van der Waals surface area (Å²) < 4.78 is 23.9. The van der Waals surface area contributed by atoms with Gasteiger partial charge in [-0.25, -0.2) is 4.39 Å². The Hall–Kier alpha value is -1.66. The fourth-order valence-electron chi connectivity index (χ4n) is 2.22. The third-order valence-electron chi connectivity index (χ3n) is 3.28. The Labute approximate surface area is 117 Å². The van der Waals surface area contributed by atoms with E-state index in [9.17, 15) is 9.18 Å². The highest BCUT2D eigenvalue weighted by Crippen LogP contribution is 2.34. The molecule has 0 bridgehead atoms. The molecule has 0 aliphatic carbocycles. The molecule has 0 saturated heterocycles. The predicted octanol–water partition coefficient (Wildman–Crippen LogP) is 1.30. The van der Waals surface area contributed by atoms with E-state index in [-0.39, 0.29) is 36.9 Å². The number of methoxy groups -OCH3 is 1. The first-order chi connectivity index (χ1) is 9.55. The SMILES string of the molecule is COC(CN)CC(=O)N1CC(C)Oc2cc(F)ccc21. The Morgan fingerprint density at radius 3 is 3.05 bits per heavy atom. The average molecular weight is 282 g/mol. The van der Waals surface area contributed by atoms with Crippen LogP contribution in [0.25, 0.3) is 0 Å². The number of hydrogen-bond donors (Lipinski definition) is 1. The van der Waals surface area contributed by atoms with E-state index < -0.39 is 0 Å². The van der Waals surface area contributed by atoms with Crippen LogP contribution in [-0.4, -0.2) is 38.3 Å². The number of anilines is 1. The van der Waals surface area contributed by atoms with E-state index >= 15 is 0 Å². The van der Waals surface area contributed by atoms with Crippen LogP contribution in [0.4, 0.5) is 10.1 Å². The van der Waals surface area contributed by atoms with Crippen molar-refractivity contribution >= 4 is 11.6 Å². The Morgan fingerprint density at radius 2 is 2.40 bits per heavy atom. The largest absolute Gasteiger partial charge is 0.487 e. The van der Waals surface area contributed by atoms with Gasteiger partial charge in [-0.1, -0.05) is 0 Å². The monoisotopic (exact) mass is 282 g/mol. The van der Waals surface area contributed by atoms with Crippen molar-refractivity contribution in [1.29, 1.82) is 0 Å². The van der Waals surface area contributed by atoms with Gasteiger partial charge in [0.2, 0.25) is 5.91 Å². The molecule has 1 aromatic carbocycles. The molecule has 0 fully saturated rings. The standard InChI is InChI=1S/C14H19FN2O3/c1-9-8-17(14(18)6-11(7-16)19-2)12-4-3-10(15)5-13(12)20-9/h3-5,9,11H,6-8,16H2,1-2H3. The van der Waals surface area contributed by atoms with Gasteiger partial charge in [-0.15, -0.1) is 0 Å². The summed E-state index contributed by atoms with van der Waals surface area (Å²) in [5, 5.41) is 0. The van der Waals surface area contributed by atoms with Crippen molar-refractivity contribution in [3.63, 3.8) is 0 Å². The molecular weight excluding hydrogens is 263 g/mol. The minimum atomic E-state index is -0.387. The third-order valence-corrected chi connectivity index (χ3v) is 3.28. The topological polar surface area (TPSA) is 64.8 Å². The van der Waals surface area contributed by atoms with Crippen LogP contribution in [0.3, 0.4) is 0 Å². The summed E-state index contributed by atoms with van der Waals surface area (Å²) in [6, 6.07) is 4.16. The Balaban J connectivity index is 2.22. The molecule has 6 heteroatoms. The van der Waals surface area contributed by atoms with Gasteiger partial charge in [0.15, 0.2) is 0 Å². The van der Waals surface area contributed by atoms with Crippen molar-refractivity contribution in [3.8, 4) is 5.75 Å². The van der Waals surface area contributed by atoms with Crippen molar-refractivity contribution in [2.24, 2.45) is 5.73 Å². The number of benzene rings is 1. The number of ether oxygens (including phenoxy) is 2. The maximum Gasteiger partial charge on any atom is 0.229 e. The molecule has 0 aromatic heterocycles. The molecule has 20 heavy (non-hydrogen) atoms. The predicted molar refractivity (Wildman–Crippen MR) is 73.3 cm³/mol. The number of hydrogen-bond acceptors (Lipinski definition) is 4. The van der Waals surface area contributed by atoms with Gasteiger partial charge in [-0.3, -0.25) is 4.79 Å². The van der Waals surface area contributed by atoms with Crippen LogP contribution in [0.5, 0.6) is 5.75 Å². The number of rotatable bonds is 4. The first-order valence-corrected chi connectivity index (χ1v) is 6.54. The lowest BCUT2D eigenvalue weighted by Crippen LogP contribution is -2.44. The lowest BCUT2D eigenvalue weighted by Gasteiger charge is -2.34. The number of nitrogens with two attached hydrogens (primary N) is 1. The zero-order chi connectivity index (χ0) is 14.7. The summed E-state index contributed by atoms with van der Waals surface area (Å²) >= 11 is 0. The van der Waals surface area contributed by atoms with Crippen LogP contribution in [0.1, 0.15) is 13.3 Å². The Morgan fingerprint density at radius 1 is 1.65 bits per heavy atom. The fourth-order valence-corrected chi connectivity index (χ4v) is 2.22. The number of amides is 1. The zero-order valence-corrected chi connectivity index (χ0v) is 11.6. The van der Waals surface area contributed by atoms with Crippen molar-refractivity contribution in [2.75, 3.05) is 25.1 Å². The lowest BCUT2D eigenvalue weighted by molar-refractivity contribution is -0.121. The number of nitrogens with zero attached hydrogens (tertiary/aromatic N) is 1. The molecule has 2 N–H and O–H groups in total. The van der Waals surface area contributed by atoms with E-state index in [0.29, 0.717) is 18.0 Å². The van der Waals surface area contributed by atoms with Crippen molar-refractivity contribution in [3.05, 3.63) is 24.0 Å². The summed E-state index contributed by atoms with van der Waals surface area (Å²) in [6.45, 7) is 2.54.